The predicted octanol–water partition coefficient (Wildman–Crippen LogP) is 4.58. The van der Waals surface area contributed by atoms with Crippen molar-refractivity contribution >= 4 is 23.3 Å². The molecular weight excluding hydrogens is 446 g/mol. The SMILES string of the molecule is COC(=O)c1ccc(N2C(=O)C(O)=C(C(=O)CCc3ccccc3)C2c2ccc(OC)cc2)cc1. The molecule has 1 atom stereocenters. The number of benzene rings is 3. The maximum atomic E-state index is 13.4. The molecule has 3 aromatic rings. The van der Waals surface area contributed by atoms with Gasteiger partial charge in [-0.1, -0.05) is 42.5 Å². The molecule has 7 heteroatoms. The van der Waals surface area contributed by atoms with Gasteiger partial charge >= 0.3 is 5.97 Å². The molecule has 1 aliphatic rings. The van der Waals surface area contributed by atoms with E-state index in [0.717, 1.165) is 5.56 Å². The lowest BCUT2D eigenvalue weighted by atomic mass is 9.93. The average Bonchev–Trinajstić information content (AvgIpc) is 3.17. The van der Waals surface area contributed by atoms with Gasteiger partial charge in [0, 0.05) is 12.1 Å². The number of esters is 1. The average molecular weight is 472 g/mol. The van der Waals surface area contributed by atoms with Gasteiger partial charge in [-0.25, -0.2) is 4.79 Å². The number of carbonyl (C=O) groups excluding carboxylic acids is 3. The zero-order chi connectivity index (χ0) is 24.9. The highest BCUT2D eigenvalue weighted by Gasteiger charge is 2.44. The lowest BCUT2D eigenvalue weighted by Crippen LogP contribution is -2.31. The maximum absolute atomic E-state index is 13.4. The number of carbonyl (C=O) groups is 3. The van der Waals surface area contributed by atoms with Crippen LogP contribution in [0.4, 0.5) is 5.69 Å². The van der Waals surface area contributed by atoms with Crippen LogP contribution in [0, 0.1) is 0 Å². The number of anilines is 1. The minimum Gasteiger partial charge on any atom is -0.503 e. The van der Waals surface area contributed by atoms with E-state index in [-0.39, 0.29) is 17.8 Å². The monoisotopic (exact) mass is 471 g/mol. The largest absolute Gasteiger partial charge is 0.503 e. The van der Waals surface area contributed by atoms with Gasteiger partial charge < -0.3 is 14.6 Å². The summed E-state index contributed by atoms with van der Waals surface area (Å²) in [6.45, 7) is 0. The van der Waals surface area contributed by atoms with E-state index in [4.69, 9.17) is 9.47 Å². The van der Waals surface area contributed by atoms with E-state index in [0.29, 0.717) is 29.0 Å². The first-order valence-corrected chi connectivity index (χ1v) is 11.1. The second-order valence-electron chi connectivity index (χ2n) is 8.06. The number of hydrogen-bond donors (Lipinski definition) is 1. The lowest BCUT2D eigenvalue weighted by Gasteiger charge is -2.27. The van der Waals surface area contributed by atoms with Crippen LogP contribution in [0.3, 0.4) is 0 Å². The fourth-order valence-corrected chi connectivity index (χ4v) is 4.17. The number of Topliss-reactive ketones (excluding diaryl/α,β-unsaturated/α-hetero) is 1. The van der Waals surface area contributed by atoms with E-state index in [2.05, 4.69) is 0 Å². The molecule has 1 unspecified atom stereocenters. The van der Waals surface area contributed by atoms with Gasteiger partial charge in [-0.2, -0.15) is 0 Å². The van der Waals surface area contributed by atoms with Crippen molar-refractivity contribution in [1.29, 1.82) is 0 Å². The summed E-state index contributed by atoms with van der Waals surface area (Å²) in [7, 11) is 2.84. The molecule has 1 aliphatic heterocycles. The number of nitrogens with zero attached hydrogens (tertiary/aromatic N) is 1. The van der Waals surface area contributed by atoms with Gasteiger partial charge in [-0.3, -0.25) is 14.5 Å². The quantitative estimate of drug-likeness (QED) is 0.483. The van der Waals surface area contributed by atoms with Crippen LogP contribution in [-0.4, -0.2) is 37.0 Å². The topological polar surface area (TPSA) is 93.1 Å². The number of amides is 1. The van der Waals surface area contributed by atoms with Crippen molar-refractivity contribution in [3.63, 3.8) is 0 Å². The Labute approximate surface area is 203 Å². The molecule has 0 aliphatic carbocycles. The zero-order valence-corrected chi connectivity index (χ0v) is 19.4. The molecule has 1 amide bonds. The van der Waals surface area contributed by atoms with Crippen molar-refractivity contribution in [2.75, 3.05) is 19.1 Å². The Balaban J connectivity index is 1.71. The third-order valence-corrected chi connectivity index (χ3v) is 5.99. The van der Waals surface area contributed by atoms with Crippen LogP contribution < -0.4 is 9.64 Å². The van der Waals surface area contributed by atoms with Gasteiger partial charge in [0.1, 0.15) is 5.75 Å². The van der Waals surface area contributed by atoms with Crippen LogP contribution in [0.5, 0.6) is 5.75 Å². The predicted molar refractivity (Wildman–Crippen MR) is 130 cm³/mol. The standard InChI is InChI=1S/C28H25NO6/c1-34-22-15-11-19(12-16-22)25-24(23(30)17-8-18-6-4-3-5-7-18)26(31)27(32)29(25)21-13-9-20(10-14-21)28(33)35-2/h3-7,9-16,25,31H,8,17H2,1-2H3. The maximum Gasteiger partial charge on any atom is 0.337 e. The molecule has 0 radical (unpaired) electrons. The van der Waals surface area contributed by atoms with E-state index in [1.54, 1.807) is 43.5 Å². The smallest absolute Gasteiger partial charge is 0.337 e. The van der Waals surface area contributed by atoms with Crippen molar-refractivity contribution in [1.82, 2.24) is 0 Å². The Kier molecular flexibility index (Phi) is 6.96. The van der Waals surface area contributed by atoms with Crippen molar-refractivity contribution in [3.05, 3.63) is 107 Å². The Morgan fingerprint density at radius 1 is 0.914 bits per heavy atom. The number of methoxy groups -OCH3 is 2. The molecule has 3 aromatic carbocycles. The highest BCUT2D eigenvalue weighted by molar-refractivity contribution is 6.16. The molecular formula is C28H25NO6. The van der Waals surface area contributed by atoms with Gasteiger partial charge in [-0.15, -0.1) is 0 Å². The number of ketones is 1. The van der Waals surface area contributed by atoms with Gasteiger partial charge in [0.05, 0.1) is 31.4 Å². The lowest BCUT2D eigenvalue weighted by molar-refractivity contribution is -0.118. The molecule has 0 fully saturated rings. The summed E-state index contributed by atoms with van der Waals surface area (Å²) in [5, 5.41) is 10.8. The van der Waals surface area contributed by atoms with Crippen molar-refractivity contribution < 1.29 is 29.0 Å². The van der Waals surface area contributed by atoms with E-state index in [9.17, 15) is 19.5 Å². The molecule has 0 spiro atoms. The second-order valence-corrected chi connectivity index (χ2v) is 8.06. The molecule has 4 rings (SSSR count). The van der Waals surface area contributed by atoms with E-state index >= 15 is 0 Å². The molecule has 0 bridgehead atoms. The zero-order valence-electron chi connectivity index (χ0n) is 19.4. The van der Waals surface area contributed by atoms with Gasteiger partial charge in [0.2, 0.25) is 0 Å². The second kappa shape index (κ2) is 10.3. The van der Waals surface area contributed by atoms with Crippen LogP contribution in [0.15, 0.2) is 90.2 Å². The fourth-order valence-electron chi connectivity index (χ4n) is 4.17. The van der Waals surface area contributed by atoms with Gasteiger partial charge in [0.25, 0.3) is 5.91 Å². The normalized spacial score (nSPS) is 15.3. The third kappa shape index (κ3) is 4.80. The first-order valence-electron chi connectivity index (χ1n) is 11.1. The number of rotatable bonds is 8. The van der Waals surface area contributed by atoms with E-state index in [1.165, 1.54) is 24.1 Å². The van der Waals surface area contributed by atoms with Crippen LogP contribution in [0.1, 0.15) is 33.9 Å². The van der Waals surface area contributed by atoms with Gasteiger partial charge in [-0.05, 0) is 53.9 Å². The minimum atomic E-state index is -0.833. The summed E-state index contributed by atoms with van der Waals surface area (Å²) < 4.78 is 9.98. The summed E-state index contributed by atoms with van der Waals surface area (Å²) in [5.41, 5.74) is 2.43. The Hall–Kier alpha value is -4.39. The summed E-state index contributed by atoms with van der Waals surface area (Å²) in [6.07, 6.45) is 0.617. The van der Waals surface area contributed by atoms with Gasteiger partial charge in [0.15, 0.2) is 11.5 Å². The molecule has 178 valence electrons. The summed E-state index contributed by atoms with van der Waals surface area (Å²) in [4.78, 5) is 39.8. The molecule has 35 heavy (non-hydrogen) atoms. The highest BCUT2D eigenvalue weighted by Crippen LogP contribution is 2.41. The number of aryl methyl sites for hydroxylation is 1. The van der Waals surface area contributed by atoms with Crippen LogP contribution in [0.25, 0.3) is 0 Å². The van der Waals surface area contributed by atoms with Crippen LogP contribution in [0.2, 0.25) is 0 Å². The minimum absolute atomic E-state index is 0.0492. The highest BCUT2D eigenvalue weighted by atomic mass is 16.5. The van der Waals surface area contributed by atoms with Crippen molar-refractivity contribution in [3.8, 4) is 5.75 Å². The molecule has 1 heterocycles. The molecule has 7 nitrogen and oxygen atoms in total. The first kappa shape index (κ1) is 23.8. The first-order chi connectivity index (χ1) is 16.9. The number of aliphatic hydroxyl groups excluding tert-OH is 1. The van der Waals surface area contributed by atoms with Crippen LogP contribution in [-0.2, 0) is 20.7 Å². The van der Waals surface area contributed by atoms with E-state index in [1.807, 2.05) is 30.3 Å². The summed E-state index contributed by atoms with van der Waals surface area (Å²) in [5.74, 6) is -1.44. The van der Waals surface area contributed by atoms with E-state index < -0.39 is 23.7 Å². The third-order valence-electron chi connectivity index (χ3n) is 5.99. The number of aliphatic hydroxyl groups is 1. The molecule has 1 N–H and O–H groups in total. The number of ether oxygens (including phenoxy) is 2. The van der Waals surface area contributed by atoms with Crippen LogP contribution >= 0.6 is 0 Å². The van der Waals surface area contributed by atoms with Crippen molar-refractivity contribution in [2.24, 2.45) is 0 Å². The molecule has 0 saturated carbocycles. The number of hydrogen-bond acceptors (Lipinski definition) is 6. The fraction of sp³-hybridized carbons (Fsp3) is 0.179. The summed E-state index contributed by atoms with van der Waals surface area (Å²) in [6, 6.07) is 22.0. The van der Waals surface area contributed by atoms with Crippen molar-refractivity contribution in [2.45, 2.75) is 18.9 Å². The molecule has 0 aromatic heterocycles. The molecule has 0 saturated heterocycles. The summed E-state index contributed by atoms with van der Waals surface area (Å²) >= 11 is 0. The Morgan fingerprint density at radius 3 is 2.17 bits per heavy atom. The Bertz CT molecular complexity index is 1260. The Morgan fingerprint density at radius 2 is 1.57 bits per heavy atom.